The van der Waals surface area contributed by atoms with Gasteiger partial charge in [-0.15, -0.1) is 0 Å². The maximum atomic E-state index is 6.47. The monoisotopic (exact) mass is 420 g/mol. The molecule has 1 aromatic carbocycles. The van der Waals surface area contributed by atoms with Gasteiger partial charge in [-0.05, 0) is 50.8 Å². The molecule has 7 heteroatoms. The number of hydrogen-bond donors (Lipinski definition) is 1. The largest absolute Gasteiger partial charge is 0.497 e. The van der Waals surface area contributed by atoms with Crippen LogP contribution in [0.4, 0.5) is 5.82 Å². The zero-order valence-corrected chi connectivity index (χ0v) is 19.0. The van der Waals surface area contributed by atoms with Gasteiger partial charge in [0.05, 0.1) is 29.2 Å². The summed E-state index contributed by atoms with van der Waals surface area (Å²) in [6.07, 6.45) is 4.06. The number of halogens is 1. The van der Waals surface area contributed by atoms with Crippen LogP contribution in [-0.2, 0) is 17.6 Å². The molecule has 0 spiro atoms. The van der Waals surface area contributed by atoms with Gasteiger partial charge in [-0.1, -0.05) is 25.4 Å². The van der Waals surface area contributed by atoms with E-state index in [9.17, 15) is 0 Å². The molecular formula is C22H33ClN4O2. The number of aromatic nitrogens is 2. The summed E-state index contributed by atoms with van der Waals surface area (Å²) in [5.74, 6) is 1.61. The van der Waals surface area contributed by atoms with Crippen LogP contribution in [0.3, 0.4) is 0 Å². The Morgan fingerprint density at radius 3 is 2.21 bits per heavy atom. The van der Waals surface area contributed by atoms with Crippen molar-refractivity contribution < 1.29 is 9.47 Å². The van der Waals surface area contributed by atoms with Gasteiger partial charge in [-0.25, -0.2) is 15.0 Å². The van der Waals surface area contributed by atoms with Gasteiger partial charge in [0.25, 0.3) is 0 Å². The molecule has 29 heavy (non-hydrogen) atoms. The maximum absolute atomic E-state index is 6.47. The van der Waals surface area contributed by atoms with E-state index in [1.165, 1.54) is 12.8 Å². The molecule has 0 saturated carbocycles. The second-order valence-corrected chi connectivity index (χ2v) is 7.16. The highest BCUT2D eigenvalue weighted by Crippen LogP contribution is 2.33. The standard InChI is InChI=1S/C19H25ClN4O.C3H8O/c1-4-16-18(14-9-8-13(25-3)12-15(14)20)21-17(5-2)19(22-16)23-24-10-6-7-11-24;1-3-4-2/h8-9,12H,4-7,10-11H2,1-3H3,(H,22,23);3H2,1-2H3. The van der Waals surface area contributed by atoms with Gasteiger partial charge in [0.1, 0.15) is 5.75 Å². The molecule has 1 aliphatic rings. The van der Waals surface area contributed by atoms with E-state index in [1.807, 2.05) is 25.1 Å². The third-order valence-electron chi connectivity index (χ3n) is 4.80. The van der Waals surface area contributed by atoms with Crippen LogP contribution in [0.15, 0.2) is 18.2 Å². The van der Waals surface area contributed by atoms with E-state index in [0.29, 0.717) is 5.02 Å². The highest BCUT2D eigenvalue weighted by atomic mass is 35.5. The molecular weight excluding hydrogens is 388 g/mol. The van der Waals surface area contributed by atoms with Crippen LogP contribution < -0.4 is 10.2 Å². The number of nitrogens with zero attached hydrogens (tertiary/aromatic N) is 3. The van der Waals surface area contributed by atoms with Crippen LogP contribution >= 0.6 is 11.6 Å². The summed E-state index contributed by atoms with van der Waals surface area (Å²) in [5, 5.41) is 2.86. The molecule has 6 nitrogen and oxygen atoms in total. The van der Waals surface area contributed by atoms with E-state index in [0.717, 1.165) is 66.8 Å². The van der Waals surface area contributed by atoms with E-state index >= 15 is 0 Å². The lowest BCUT2D eigenvalue weighted by atomic mass is 10.1. The number of aryl methyl sites for hydroxylation is 2. The Labute approximate surface area is 179 Å². The van der Waals surface area contributed by atoms with E-state index < -0.39 is 0 Å². The maximum Gasteiger partial charge on any atom is 0.162 e. The molecule has 1 fully saturated rings. The zero-order chi connectivity index (χ0) is 21.2. The van der Waals surface area contributed by atoms with Gasteiger partial charge in [0, 0.05) is 32.4 Å². The molecule has 0 atom stereocenters. The molecule has 1 aromatic heterocycles. The number of nitrogens with one attached hydrogen (secondary N) is 1. The van der Waals surface area contributed by atoms with Crippen molar-refractivity contribution in [3.05, 3.63) is 34.6 Å². The molecule has 2 heterocycles. The minimum absolute atomic E-state index is 0.630. The van der Waals surface area contributed by atoms with E-state index in [1.54, 1.807) is 14.2 Å². The third-order valence-corrected chi connectivity index (χ3v) is 5.11. The summed E-state index contributed by atoms with van der Waals surface area (Å²) in [6.45, 7) is 9.08. The Bertz CT molecular complexity index is 778. The molecule has 2 aromatic rings. The van der Waals surface area contributed by atoms with Gasteiger partial charge < -0.3 is 14.9 Å². The van der Waals surface area contributed by atoms with Gasteiger partial charge >= 0.3 is 0 Å². The summed E-state index contributed by atoms with van der Waals surface area (Å²) in [6, 6.07) is 5.68. The first-order valence-electron chi connectivity index (χ1n) is 10.3. The number of benzene rings is 1. The lowest BCUT2D eigenvalue weighted by Crippen LogP contribution is -2.28. The Kier molecular flexibility index (Phi) is 9.64. The predicted octanol–water partition coefficient (Wildman–Crippen LogP) is 5.01. The number of hydrogen-bond acceptors (Lipinski definition) is 6. The van der Waals surface area contributed by atoms with Crippen LogP contribution in [-0.4, -0.2) is 48.9 Å². The topological polar surface area (TPSA) is 59.5 Å². The summed E-state index contributed by atoms with van der Waals surface area (Å²) in [5.41, 5.74) is 7.12. The minimum atomic E-state index is 0.630. The van der Waals surface area contributed by atoms with Crippen LogP contribution in [0.2, 0.25) is 5.02 Å². The van der Waals surface area contributed by atoms with Gasteiger partial charge in [0.2, 0.25) is 0 Å². The van der Waals surface area contributed by atoms with Crippen LogP contribution in [0.25, 0.3) is 11.3 Å². The quantitative estimate of drug-likeness (QED) is 0.679. The number of methoxy groups -OCH3 is 2. The molecule has 0 unspecified atom stereocenters. The number of ether oxygens (including phenoxy) is 2. The Morgan fingerprint density at radius 1 is 1.03 bits per heavy atom. The van der Waals surface area contributed by atoms with Crippen LogP contribution in [0.1, 0.15) is 45.0 Å². The first-order chi connectivity index (χ1) is 14.1. The fourth-order valence-electron chi connectivity index (χ4n) is 3.10. The fourth-order valence-corrected chi connectivity index (χ4v) is 3.36. The Hall–Kier alpha value is -1.89. The summed E-state index contributed by atoms with van der Waals surface area (Å²) in [4.78, 5) is 9.79. The second kappa shape index (κ2) is 12.0. The highest BCUT2D eigenvalue weighted by molar-refractivity contribution is 6.33. The van der Waals surface area contributed by atoms with Crippen molar-refractivity contribution in [3.8, 4) is 17.0 Å². The van der Waals surface area contributed by atoms with Crippen molar-refractivity contribution in [2.75, 3.05) is 39.3 Å². The molecule has 1 N–H and O–H groups in total. The van der Waals surface area contributed by atoms with Crippen molar-refractivity contribution in [1.29, 1.82) is 0 Å². The number of anilines is 1. The summed E-state index contributed by atoms with van der Waals surface area (Å²) < 4.78 is 9.79. The first-order valence-corrected chi connectivity index (χ1v) is 10.7. The van der Waals surface area contributed by atoms with E-state index in [4.69, 9.17) is 26.3 Å². The summed E-state index contributed by atoms with van der Waals surface area (Å²) in [7, 11) is 3.32. The highest BCUT2D eigenvalue weighted by Gasteiger charge is 2.18. The second-order valence-electron chi connectivity index (χ2n) is 6.75. The number of rotatable bonds is 7. The predicted molar refractivity (Wildman–Crippen MR) is 120 cm³/mol. The van der Waals surface area contributed by atoms with E-state index in [2.05, 4.69) is 29.0 Å². The average Bonchev–Trinajstić information content (AvgIpc) is 3.26. The Morgan fingerprint density at radius 2 is 1.69 bits per heavy atom. The Balaban J connectivity index is 0.000000687. The van der Waals surface area contributed by atoms with Crippen molar-refractivity contribution in [1.82, 2.24) is 15.0 Å². The molecule has 1 saturated heterocycles. The fraction of sp³-hybridized carbons (Fsp3) is 0.545. The molecule has 0 bridgehead atoms. The molecule has 0 aliphatic carbocycles. The zero-order valence-electron chi connectivity index (χ0n) is 18.2. The summed E-state index contributed by atoms with van der Waals surface area (Å²) >= 11 is 6.47. The van der Waals surface area contributed by atoms with Crippen molar-refractivity contribution in [2.45, 2.75) is 46.5 Å². The van der Waals surface area contributed by atoms with Crippen LogP contribution in [0, 0.1) is 0 Å². The normalized spacial score (nSPS) is 13.7. The molecule has 1 aliphatic heterocycles. The van der Waals surface area contributed by atoms with Crippen molar-refractivity contribution in [2.24, 2.45) is 0 Å². The first kappa shape index (κ1) is 23.4. The lowest BCUT2D eigenvalue weighted by Gasteiger charge is -2.20. The molecule has 3 rings (SSSR count). The minimum Gasteiger partial charge on any atom is -0.497 e. The third kappa shape index (κ3) is 6.29. The van der Waals surface area contributed by atoms with Crippen LogP contribution in [0.5, 0.6) is 5.75 Å². The molecule has 0 radical (unpaired) electrons. The van der Waals surface area contributed by atoms with Gasteiger partial charge in [-0.3, -0.25) is 0 Å². The number of hydrazine groups is 1. The molecule has 0 amide bonds. The average molecular weight is 421 g/mol. The van der Waals surface area contributed by atoms with Crippen molar-refractivity contribution in [3.63, 3.8) is 0 Å². The lowest BCUT2D eigenvalue weighted by molar-refractivity contribution is 0.215. The van der Waals surface area contributed by atoms with Crippen molar-refractivity contribution >= 4 is 17.4 Å². The smallest absolute Gasteiger partial charge is 0.162 e. The SMILES string of the molecule is CCOC.CCc1nc(-c2ccc(OC)cc2Cl)c(CC)nc1NN1CCCC1. The molecule has 160 valence electrons. The van der Waals surface area contributed by atoms with E-state index in [-0.39, 0.29) is 0 Å². The van der Waals surface area contributed by atoms with Gasteiger partial charge in [-0.2, -0.15) is 0 Å². The van der Waals surface area contributed by atoms with Gasteiger partial charge in [0.15, 0.2) is 5.82 Å².